The van der Waals surface area contributed by atoms with E-state index in [1.807, 2.05) is 12.1 Å². The smallest absolute Gasteiger partial charge is 0.226 e. The van der Waals surface area contributed by atoms with Crippen molar-refractivity contribution in [1.82, 2.24) is 4.90 Å². The van der Waals surface area contributed by atoms with Gasteiger partial charge in [-0.05, 0) is 61.5 Å². The molecule has 1 amide bonds. The average Bonchev–Trinajstić information content (AvgIpc) is 3.12. The Hall–Kier alpha value is -1.33. The van der Waals surface area contributed by atoms with Gasteiger partial charge in [0.05, 0.1) is 19.3 Å². The van der Waals surface area contributed by atoms with Crippen LogP contribution in [-0.2, 0) is 15.6 Å². The Morgan fingerprint density at radius 3 is 2.48 bits per heavy atom. The van der Waals surface area contributed by atoms with Gasteiger partial charge in [-0.15, -0.1) is 0 Å². The molecule has 2 fully saturated rings. The number of fused-ring (bicyclic) bond motifs is 1. The Kier molecular flexibility index (Phi) is 5.48. The maximum absolute atomic E-state index is 13.1. The van der Waals surface area contributed by atoms with Gasteiger partial charge in [0.25, 0.3) is 0 Å². The lowest BCUT2D eigenvalue weighted by Crippen LogP contribution is -2.50. The van der Waals surface area contributed by atoms with E-state index in [9.17, 15) is 4.79 Å². The highest BCUT2D eigenvalue weighted by Gasteiger charge is 2.54. The molecule has 1 aromatic rings. The number of rotatable bonds is 6. The normalized spacial score (nSPS) is 25.8. The molecule has 0 saturated carbocycles. The summed E-state index contributed by atoms with van der Waals surface area (Å²) < 4.78 is 11.8. The largest absolute Gasteiger partial charge is 0.497 e. The zero-order valence-corrected chi connectivity index (χ0v) is 18.8. The van der Waals surface area contributed by atoms with Crippen LogP contribution in [0.25, 0.3) is 0 Å². The maximum Gasteiger partial charge on any atom is 0.226 e. The van der Waals surface area contributed by atoms with E-state index in [4.69, 9.17) is 9.16 Å². The summed E-state index contributed by atoms with van der Waals surface area (Å²) in [4.78, 5) is 15.2. The number of amides is 1. The molecule has 2 saturated heterocycles. The Balaban J connectivity index is 1.71. The third kappa shape index (κ3) is 3.95. The van der Waals surface area contributed by atoms with Crippen LogP contribution in [0.1, 0.15) is 45.6 Å². The number of carbonyl (C=O) groups excluding carboxylic acids is 1. The number of carbonyl (C=O) groups is 1. The van der Waals surface area contributed by atoms with E-state index in [0.29, 0.717) is 12.5 Å². The van der Waals surface area contributed by atoms with Gasteiger partial charge in [0, 0.05) is 12.5 Å². The van der Waals surface area contributed by atoms with Crippen molar-refractivity contribution in [3.8, 4) is 5.75 Å². The van der Waals surface area contributed by atoms with Gasteiger partial charge in [0.2, 0.25) is 5.91 Å². The number of ether oxygens (including phenoxy) is 1. The van der Waals surface area contributed by atoms with Crippen molar-refractivity contribution in [2.24, 2.45) is 5.92 Å². The Bertz CT molecular complexity index is 680. The fourth-order valence-corrected chi connectivity index (χ4v) is 5.27. The number of hydrogen-bond acceptors (Lipinski definition) is 3. The third-order valence-corrected chi connectivity index (χ3v) is 11.5. The van der Waals surface area contributed by atoms with E-state index in [2.05, 4.69) is 50.9 Å². The highest BCUT2D eigenvalue weighted by atomic mass is 28.4. The molecule has 3 rings (SSSR count). The molecule has 150 valence electrons. The van der Waals surface area contributed by atoms with E-state index in [1.165, 1.54) is 5.56 Å². The lowest BCUT2D eigenvalue weighted by Gasteiger charge is -2.40. The zero-order chi connectivity index (χ0) is 19.9. The second-order valence-electron chi connectivity index (χ2n) is 9.82. The summed E-state index contributed by atoms with van der Waals surface area (Å²) in [5.41, 5.74) is 1.12. The first-order chi connectivity index (χ1) is 12.6. The van der Waals surface area contributed by atoms with Gasteiger partial charge in [-0.25, -0.2) is 0 Å². The number of benzene rings is 1. The van der Waals surface area contributed by atoms with Crippen LogP contribution in [0.5, 0.6) is 5.75 Å². The lowest BCUT2D eigenvalue weighted by atomic mass is 9.87. The third-order valence-electron chi connectivity index (χ3n) is 6.99. The van der Waals surface area contributed by atoms with E-state index < -0.39 is 8.32 Å². The fraction of sp³-hybridized carbons (Fsp3) is 0.682. The summed E-state index contributed by atoms with van der Waals surface area (Å²) in [6, 6.07) is 8.11. The first-order valence-corrected chi connectivity index (χ1v) is 13.1. The summed E-state index contributed by atoms with van der Waals surface area (Å²) in [5, 5.41) is 0.193. The van der Waals surface area contributed by atoms with Gasteiger partial charge >= 0.3 is 0 Å². The standard InChI is InChI=1S/C22H35NO3Si/c1-21(2,3)27(5,6)26-16-22-12-7-13-23(22)20(24)18(15-22)14-17-8-10-19(25-4)11-9-17/h8-11,18H,7,12-16H2,1-6H3. The minimum Gasteiger partial charge on any atom is -0.497 e. The summed E-state index contributed by atoms with van der Waals surface area (Å²) in [6.45, 7) is 13.0. The quantitative estimate of drug-likeness (QED) is 0.665. The molecule has 0 N–H and O–H groups in total. The van der Waals surface area contributed by atoms with E-state index in [1.54, 1.807) is 7.11 Å². The Morgan fingerprint density at radius 1 is 1.22 bits per heavy atom. The minimum atomic E-state index is -1.82. The maximum atomic E-state index is 13.1. The van der Waals surface area contributed by atoms with Crippen LogP contribution in [-0.4, -0.2) is 44.9 Å². The highest BCUT2D eigenvalue weighted by molar-refractivity contribution is 6.74. The first kappa shape index (κ1) is 20.4. The first-order valence-electron chi connectivity index (χ1n) is 10.2. The van der Waals surface area contributed by atoms with E-state index >= 15 is 0 Å². The van der Waals surface area contributed by atoms with Crippen LogP contribution < -0.4 is 4.74 Å². The van der Waals surface area contributed by atoms with E-state index in [-0.39, 0.29) is 16.5 Å². The van der Waals surface area contributed by atoms with E-state index in [0.717, 1.165) is 38.0 Å². The van der Waals surface area contributed by atoms with Crippen molar-refractivity contribution in [3.05, 3.63) is 29.8 Å². The van der Waals surface area contributed by atoms with Crippen LogP contribution >= 0.6 is 0 Å². The minimum absolute atomic E-state index is 0.0710. The molecule has 27 heavy (non-hydrogen) atoms. The molecule has 4 nitrogen and oxygen atoms in total. The van der Waals surface area contributed by atoms with Gasteiger partial charge in [0.1, 0.15) is 5.75 Å². The second-order valence-corrected chi connectivity index (χ2v) is 14.6. The topological polar surface area (TPSA) is 38.8 Å². The van der Waals surface area contributed by atoms with Crippen molar-refractivity contribution in [1.29, 1.82) is 0 Å². The van der Waals surface area contributed by atoms with Crippen molar-refractivity contribution in [2.75, 3.05) is 20.3 Å². The van der Waals surface area contributed by atoms with Crippen LogP contribution in [0.15, 0.2) is 24.3 Å². The van der Waals surface area contributed by atoms with Crippen LogP contribution in [0, 0.1) is 5.92 Å². The molecule has 0 bridgehead atoms. The zero-order valence-electron chi connectivity index (χ0n) is 17.8. The van der Waals surface area contributed by atoms with Gasteiger partial charge < -0.3 is 14.1 Å². The average molecular weight is 390 g/mol. The molecule has 2 heterocycles. The number of hydrogen-bond donors (Lipinski definition) is 0. The summed E-state index contributed by atoms with van der Waals surface area (Å²) in [5.74, 6) is 1.25. The molecule has 0 spiro atoms. The second kappa shape index (κ2) is 7.25. The molecule has 0 aliphatic carbocycles. The fourth-order valence-electron chi connectivity index (χ4n) is 4.21. The molecule has 2 atom stereocenters. The molecule has 2 unspecified atom stereocenters. The molecule has 5 heteroatoms. The van der Waals surface area contributed by atoms with Crippen molar-refractivity contribution >= 4 is 14.2 Å². The molecular formula is C22H35NO3Si. The Labute approximate surface area is 165 Å². The van der Waals surface area contributed by atoms with Crippen LogP contribution in [0.4, 0.5) is 0 Å². The Morgan fingerprint density at radius 2 is 1.89 bits per heavy atom. The monoisotopic (exact) mass is 389 g/mol. The molecular weight excluding hydrogens is 354 g/mol. The summed E-state index contributed by atoms with van der Waals surface area (Å²) in [7, 11) is -0.141. The van der Waals surface area contributed by atoms with Gasteiger partial charge in [-0.1, -0.05) is 32.9 Å². The number of methoxy groups -OCH3 is 1. The SMILES string of the molecule is COc1ccc(CC2CC3(CO[Si](C)(C)C(C)(C)C)CCCN3C2=O)cc1. The van der Waals surface area contributed by atoms with Gasteiger partial charge in [-0.3, -0.25) is 4.79 Å². The van der Waals surface area contributed by atoms with Gasteiger partial charge in [0.15, 0.2) is 8.32 Å². The molecule has 2 aliphatic rings. The summed E-state index contributed by atoms with van der Waals surface area (Å²) in [6.07, 6.45) is 3.90. The molecule has 0 radical (unpaired) electrons. The summed E-state index contributed by atoms with van der Waals surface area (Å²) >= 11 is 0. The highest BCUT2D eigenvalue weighted by Crippen LogP contribution is 2.45. The van der Waals surface area contributed by atoms with Crippen molar-refractivity contribution in [3.63, 3.8) is 0 Å². The predicted molar refractivity (Wildman–Crippen MR) is 112 cm³/mol. The van der Waals surface area contributed by atoms with Gasteiger partial charge in [-0.2, -0.15) is 0 Å². The number of nitrogens with zero attached hydrogens (tertiary/aromatic N) is 1. The molecule has 2 aliphatic heterocycles. The molecule has 0 aromatic heterocycles. The van der Waals surface area contributed by atoms with Crippen LogP contribution in [0.2, 0.25) is 18.1 Å². The van der Waals surface area contributed by atoms with Crippen LogP contribution in [0.3, 0.4) is 0 Å². The lowest BCUT2D eigenvalue weighted by molar-refractivity contribution is -0.133. The van der Waals surface area contributed by atoms with Crippen molar-refractivity contribution < 1.29 is 14.0 Å². The predicted octanol–water partition coefficient (Wildman–Crippen LogP) is 4.64. The molecule has 1 aromatic carbocycles. The van der Waals surface area contributed by atoms with Crippen molar-refractivity contribution in [2.45, 2.75) is 70.1 Å².